The second kappa shape index (κ2) is 5.17. The second-order valence-corrected chi connectivity index (χ2v) is 4.98. The monoisotopic (exact) mass is 285 g/mol. The van der Waals surface area contributed by atoms with Gasteiger partial charge in [-0.2, -0.15) is 0 Å². The zero-order chi connectivity index (χ0) is 14.2. The van der Waals surface area contributed by atoms with Gasteiger partial charge in [-0.1, -0.05) is 17.7 Å². The van der Waals surface area contributed by atoms with Crippen molar-refractivity contribution in [1.82, 2.24) is 4.90 Å². The van der Waals surface area contributed by atoms with Gasteiger partial charge in [-0.05, 0) is 30.5 Å². The van der Waals surface area contributed by atoms with Crippen LogP contribution in [0.4, 0.5) is 4.39 Å². The topological polar surface area (TPSA) is 57.6 Å². The Kier molecular flexibility index (Phi) is 3.75. The lowest BCUT2D eigenvalue weighted by Crippen LogP contribution is -2.39. The van der Waals surface area contributed by atoms with Crippen LogP contribution < -0.4 is 0 Å². The summed E-state index contributed by atoms with van der Waals surface area (Å²) < 4.78 is 13.5. The molecule has 0 aromatic heterocycles. The number of rotatable bonds is 4. The molecule has 1 fully saturated rings. The molecule has 1 atom stereocenters. The van der Waals surface area contributed by atoms with E-state index in [4.69, 9.17) is 11.6 Å². The van der Waals surface area contributed by atoms with Crippen LogP contribution in [0.3, 0.4) is 0 Å². The number of amides is 1. The number of halogens is 2. The van der Waals surface area contributed by atoms with E-state index in [0.29, 0.717) is 0 Å². The fourth-order valence-corrected chi connectivity index (χ4v) is 2.22. The van der Waals surface area contributed by atoms with Gasteiger partial charge in [0.2, 0.25) is 5.91 Å². The minimum absolute atomic E-state index is 0.0719. The first kappa shape index (κ1) is 13.8. The Morgan fingerprint density at radius 3 is 2.53 bits per heavy atom. The molecule has 4 nitrogen and oxygen atoms in total. The molecule has 102 valence electrons. The molecule has 6 heteroatoms. The van der Waals surface area contributed by atoms with Gasteiger partial charge in [0.25, 0.3) is 0 Å². The Labute approximate surface area is 114 Å². The summed E-state index contributed by atoms with van der Waals surface area (Å²) in [5, 5.41) is 9.26. The molecule has 1 amide bonds. The summed E-state index contributed by atoms with van der Waals surface area (Å²) in [6.45, 7) is 1.32. The van der Waals surface area contributed by atoms with Crippen LogP contribution in [-0.2, 0) is 9.59 Å². The maximum absolute atomic E-state index is 13.5. The number of nitrogens with zero attached hydrogens (tertiary/aromatic N) is 1. The molecule has 0 bridgehead atoms. The second-order valence-electron chi connectivity index (χ2n) is 4.57. The van der Waals surface area contributed by atoms with Gasteiger partial charge in [0.15, 0.2) is 6.04 Å². The third kappa shape index (κ3) is 2.87. The number of aliphatic carboxylic acids is 1. The van der Waals surface area contributed by atoms with Crippen LogP contribution in [0.1, 0.15) is 31.4 Å². The lowest BCUT2D eigenvalue weighted by atomic mass is 10.0. The maximum Gasteiger partial charge on any atom is 0.331 e. The molecule has 0 heterocycles. The molecule has 1 aliphatic rings. The summed E-state index contributed by atoms with van der Waals surface area (Å²) in [7, 11) is 0. The van der Waals surface area contributed by atoms with E-state index in [-0.39, 0.29) is 22.5 Å². The molecule has 1 aromatic rings. The predicted octanol–water partition coefficient (Wildman–Crippen LogP) is 2.62. The average Bonchev–Trinajstić information content (AvgIpc) is 3.12. The molecule has 0 saturated heterocycles. The smallest absolute Gasteiger partial charge is 0.331 e. The highest BCUT2D eigenvalue weighted by Gasteiger charge is 2.40. The van der Waals surface area contributed by atoms with Gasteiger partial charge in [-0.3, -0.25) is 4.79 Å². The van der Waals surface area contributed by atoms with Gasteiger partial charge in [-0.15, -0.1) is 0 Å². The Morgan fingerprint density at radius 2 is 2.11 bits per heavy atom. The van der Waals surface area contributed by atoms with E-state index in [1.165, 1.54) is 24.0 Å². The third-order valence-corrected chi connectivity index (χ3v) is 3.38. The van der Waals surface area contributed by atoms with Crippen LogP contribution in [-0.4, -0.2) is 27.9 Å². The number of carbonyl (C=O) groups excluding carboxylic acids is 1. The zero-order valence-electron chi connectivity index (χ0n) is 10.3. The molecule has 0 aliphatic heterocycles. The first-order chi connectivity index (χ1) is 8.91. The average molecular weight is 286 g/mol. The van der Waals surface area contributed by atoms with Crippen LogP contribution in [0.25, 0.3) is 0 Å². The van der Waals surface area contributed by atoms with Crippen molar-refractivity contribution in [3.8, 4) is 0 Å². The molecule has 0 spiro atoms. The fourth-order valence-electron chi connectivity index (χ4n) is 2.11. The van der Waals surface area contributed by atoms with E-state index in [9.17, 15) is 19.1 Å². The number of benzene rings is 1. The van der Waals surface area contributed by atoms with Crippen molar-refractivity contribution < 1.29 is 19.1 Å². The fraction of sp³-hybridized carbons (Fsp3) is 0.385. The summed E-state index contributed by atoms with van der Waals surface area (Å²) in [6.07, 6.45) is 1.55. The molecular weight excluding hydrogens is 273 g/mol. The van der Waals surface area contributed by atoms with Crippen molar-refractivity contribution in [2.45, 2.75) is 31.8 Å². The Balaban J connectivity index is 2.41. The van der Waals surface area contributed by atoms with E-state index in [1.54, 1.807) is 0 Å². The number of hydrogen-bond donors (Lipinski definition) is 1. The van der Waals surface area contributed by atoms with E-state index >= 15 is 0 Å². The van der Waals surface area contributed by atoms with Crippen molar-refractivity contribution in [3.63, 3.8) is 0 Å². The first-order valence-electron chi connectivity index (χ1n) is 5.88. The molecule has 1 unspecified atom stereocenters. The van der Waals surface area contributed by atoms with Crippen molar-refractivity contribution in [2.24, 2.45) is 0 Å². The highest BCUT2D eigenvalue weighted by Crippen LogP contribution is 2.35. The Hall–Kier alpha value is -1.62. The standard InChI is InChI=1S/C13H13ClFNO3/c1-7(17)16(9-3-4-9)12(13(18)19)8-2-5-10(14)11(15)6-8/h2,5-6,9,12H,3-4H2,1H3,(H,18,19). The van der Waals surface area contributed by atoms with Gasteiger partial charge in [0.05, 0.1) is 5.02 Å². The van der Waals surface area contributed by atoms with Gasteiger partial charge in [-0.25, -0.2) is 9.18 Å². The molecule has 19 heavy (non-hydrogen) atoms. The van der Waals surface area contributed by atoms with Gasteiger partial charge in [0, 0.05) is 13.0 Å². The first-order valence-corrected chi connectivity index (χ1v) is 6.26. The summed E-state index contributed by atoms with van der Waals surface area (Å²) in [5.74, 6) is -2.20. The summed E-state index contributed by atoms with van der Waals surface area (Å²) in [5.41, 5.74) is 0.219. The van der Waals surface area contributed by atoms with Gasteiger partial charge < -0.3 is 10.0 Å². The van der Waals surface area contributed by atoms with Crippen molar-refractivity contribution >= 4 is 23.5 Å². The Morgan fingerprint density at radius 1 is 1.47 bits per heavy atom. The quantitative estimate of drug-likeness (QED) is 0.925. The van der Waals surface area contributed by atoms with E-state index < -0.39 is 17.8 Å². The minimum Gasteiger partial charge on any atom is -0.479 e. The lowest BCUT2D eigenvalue weighted by Gasteiger charge is -2.28. The van der Waals surface area contributed by atoms with E-state index in [0.717, 1.165) is 18.9 Å². The van der Waals surface area contributed by atoms with Crippen LogP contribution in [0, 0.1) is 5.82 Å². The van der Waals surface area contributed by atoms with Gasteiger partial charge in [0.1, 0.15) is 5.82 Å². The van der Waals surface area contributed by atoms with Crippen molar-refractivity contribution in [3.05, 3.63) is 34.6 Å². The minimum atomic E-state index is -1.18. The largest absolute Gasteiger partial charge is 0.479 e. The molecule has 1 N–H and O–H groups in total. The SMILES string of the molecule is CC(=O)N(C1CC1)C(C(=O)O)c1ccc(Cl)c(F)c1. The number of hydrogen-bond acceptors (Lipinski definition) is 2. The zero-order valence-corrected chi connectivity index (χ0v) is 11.0. The molecule has 1 saturated carbocycles. The van der Waals surface area contributed by atoms with Crippen LogP contribution in [0.15, 0.2) is 18.2 Å². The summed E-state index contributed by atoms with van der Waals surface area (Å²) in [4.78, 5) is 24.4. The highest BCUT2D eigenvalue weighted by molar-refractivity contribution is 6.30. The van der Waals surface area contributed by atoms with Crippen LogP contribution in [0.5, 0.6) is 0 Å². The Bertz CT molecular complexity index is 531. The van der Waals surface area contributed by atoms with Crippen molar-refractivity contribution in [1.29, 1.82) is 0 Å². The van der Waals surface area contributed by atoms with Crippen molar-refractivity contribution in [2.75, 3.05) is 0 Å². The van der Waals surface area contributed by atoms with Gasteiger partial charge >= 0.3 is 5.97 Å². The lowest BCUT2D eigenvalue weighted by molar-refractivity contribution is -0.150. The number of carboxylic acid groups (broad SMARTS) is 1. The predicted molar refractivity (Wildman–Crippen MR) is 67.3 cm³/mol. The maximum atomic E-state index is 13.5. The van der Waals surface area contributed by atoms with E-state index in [2.05, 4.69) is 0 Å². The van der Waals surface area contributed by atoms with Crippen LogP contribution >= 0.6 is 11.6 Å². The molecular formula is C13H13ClFNO3. The molecule has 0 radical (unpaired) electrons. The van der Waals surface area contributed by atoms with Crippen LogP contribution in [0.2, 0.25) is 5.02 Å². The summed E-state index contributed by atoms with van der Waals surface area (Å²) in [6, 6.07) is 2.56. The number of carboxylic acids is 1. The highest BCUT2D eigenvalue weighted by atomic mass is 35.5. The molecule has 2 rings (SSSR count). The third-order valence-electron chi connectivity index (χ3n) is 3.08. The van der Waals surface area contributed by atoms with E-state index in [1.807, 2.05) is 0 Å². The normalized spacial score (nSPS) is 15.9. The molecule has 1 aliphatic carbocycles. The summed E-state index contributed by atoms with van der Waals surface area (Å²) >= 11 is 5.58. The molecule has 1 aromatic carbocycles. The number of carbonyl (C=O) groups is 2.